The number of nitrogen functional groups attached to an aromatic ring is 1. The van der Waals surface area contributed by atoms with Crippen LogP contribution >= 0.6 is 0 Å². The number of hydrogen-bond donors (Lipinski definition) is 2. The largest absolute Gasteiger partial charge is 0.399 e. The van der Waals surface area contributed by atoms with Gasteiger partial charge >= 0.3 is 0 Å². The van der Waals surface area contributed by atoms with Crippen molar-refractivity contribution in [1.82, 2.24) is 4.98 Å². The number of nitrogens with one attached hydrogen (secondary N) is 1. The third-order valence-electron chi connectivity index (χ3n) is 3.07. The standard InChI is InChI=1S/C15H11FN2O/c16-13-7-9(17)5-6-11(13)15(19)12-8-18-14-4-2-1-3-10(12)14/h1-8,18H,17H2. The maximum Gasteiger partial charge on any atom is 0.198 e. The Kier molecular flexibility index (Phi) is 2.56. The number of carbonyl (C=O) groups is 1. The summed E-state index contributed by atoms with van der Waals surface area (Å²) in [5, 5.41) is 0.781. The molecule has 0 radical (unpaired) electrons. The molecule has 3 nitrogen and oxygen atoms in total. The van der Waals surface area contributed by atoms with E-state index in [1.165, 1.54) is 12.1 Å². The molecule has 0 spiro atoms. The van der Waals surface area contributed by atoms with E-state index in [-0.39, 0.29) is 11.3 Å². The summed E-state index contributed by atoms with van der Waals surface area (Å²) < 4.78 is 13.8. The highest BCUT2D eigenvalue weighted by atomic mass is 19.1. The third-order valence-corrected chi connectivity index (χ3v) is 3.07. The number of nitrogens with two attached hydrogens (primary N) is 1. The molecule has 0 saturated heterocycles. The van der Waals surface area contributed by atoms with Gasteiger partial charge in [0, 0.05) is 28.4 Å². The van der Waals surface area contributed by atoms with Gasteiger partial charge in [-0.1, -0.05) is 18.2 Å². The van der Waals surface area contributed by atoms with Gasteiger partial charge in [-0.2, -0.15) is 0 Å². The average Bonchev–Trinajstić information content (AvgIpc) is 2.82. The van der Waals surface area contributed by atoms with Gasteiger partial charge in [-0.25, -0.2) is 4.39 Å². The van der Waals surface area contributed by atoms with Crippen molar-refractivity contribution in [3.63, 3.8) is 0 Å². The minimum Gasteiger partial charge on any atom is -0.399 e. The number of hydrogen-bond acceptors (Lipinski definition) is 2. The van der Waals surface area contributed by atoms with Crippen LogP contribution in [0, 0.1) is 5.82 Å². The van der Waals surface area contributed by atoms with Gasteiger partial charge in [-0.3, -0.25) is 4.79 Å². The van der Waals surface area contributed by atoms with Crippen molar-refractivity contribution in [2.75, 3.05) is 5.73 Å². The van der Waals surface area contributed by atoms with E-state index >= 15 is 0 Å². The monoisotopic (exact) mass is 254 g/mol. The zero-order valence-corrected chi connectivity index (χ0v) is 9.98. The molecular weight excluding hydrogens is 243 g/mol. The number of fused-ring (bicyclic) bond motifs is 1. The SMILES string of the molecule is Nc1ccc(C(=O)c2c[nH]c3ccccc23)c(F)c1. The number of anilines is 1. The van der Waals surface area contributed by atoms with Crippen LogP contribution < -0.4 is 5.73 Å². The van der Waals surface area contributed by atoms with E-state index in [9.17, 15) is 9.18 Å². The van der Waals surface area contributed by atoms with Crippen molar-refractivity contribution in [2.24, 2.45) is 0 Å². The van der Waals surface area contributed by atoms with E-state index in [1.807, 2.05) is 24.3 Å². The van der Waals surface area contributed by atoms with Crippen molar-refractivity contribution in [2.45, 2.75) is 0 Å². The Morgan fingerprint density at radius 3 is 2.68 bits per heavy atom. The third kappa shape index (κ3) is 1.87. The van der Waals surface area contributed by atoms with Gasteiger partial charge in [0.15, 0.2) is 5.78 Å². The second-order valence-electron chi connectivity index (χ2n) is 4.32. The van der Waals surface area contributed by atoms with Crippen LogP contribution in [0.5, 0.6) is 0 Å². The molecule has 1 aromatic heterocycles. The van der Waals surface area contributed by atoms with Crippen molar-refractivity contribution in [3.8, 4) is 0 Å². The van der Waals surface area contributed by atoms with E-state index in [0.717, 1.165) is 17.0 Å². The van der Waals surface area contributed by atoms with Crippen LogP contribution in [-0.2, 0) is 0 Å². The Bertz CT molecular complexity index is 777. The van der Waals surface area contributed by atoms with Crippen LogP contribution in [0.15, 0.2) is 48.7 Å². The fourth-order valence-corrected chi connectivity index (χ4v) is 2.12. The summed E-state index contributed by atoms with van der Waals surface area (Å²) in [5.41, 5.74) is 7.11. The molecule has 1 heterocycles. The minimum atomic E-state index is -0.602. The van der Waals surface area contributed by atoms with Crippen LogP contribution in [0.3, 0.4) is 0 Å². The predicted octanol–water partition coefficient (Wildman–Crippen LogP) is 3.12. The molecular formula is C15H11FN2O. The highest BCUT2D eigenvalue weighted by molar-refractivity contribution is 6.16. The first-order chi connectivity index (χ1) is 9.16. The maximum absolute atomic E-state index is 13.8. The number of benzene rings is 2. The Hall–Kier alpha value is -2.62. The average molecular weight is 254 g/mol. The fraction of sp³-hybridized carbons (Fsp3) is 0. The number of rotatable bonds is 2. The van der Waals surface area contributed by atoms with E-state index in [4.69, 9.17) is 5.73 Å². The molecule has 0 unspecified atom stereocenters. The van der Waals surface area contributed by atoms with Crippen molar-refractivity contribution in [3.05, 3.63) is 65.6 Å². The molecule has 19 heavy (non-hydrogen) atoms. The number of carbonyl (C=O) groups excluding carboxylic acids is 1. The lowest BCUT2D eigenvalue weighted by atomic mass is 10.0. The number of halogens is 1. The van der Waals surface area contributed by atoms with Gasteiger partial charge in [0.25, 0.3) is 0 Å². The van der Waals surface area contributed by atoms with E-state index < -0.39 is 5.82 Å². The first-order valence-electron chi connectivity index (χ1n) is 5.82. The normalized spacial score (nSPS) is 10.8. The molecule has 0 atom stereocenters. The van der Waals surface area contributed by atoms with Gasteiger partial charge in [0.1, 0.15) is 5.82 Å². The Labute approximate surface area is 108 Å². The van der Waals surface area contributed by atoms with Crippen LogP contribution in [0.2, 0.25) is 0 Å². The number of H-pyrrole nitrogens is 1. The number of para-hydroxylation sites is 1. The summed E-state index contributed by atoms with van der Waals surface area (Å²) in [4.78, 5) is 15.4. The number of aromatic amines is 1. The van der Waals surface area contributed by atoms with E-state index in [2.05, 4.69) is 4.98 Å². The maximum atomic E-state index is 13.8. The minimum absolute atomic E-state index is 0.0268. The molecule has 4 heteroatoms. The molecule has 0 aliphatic heterocycles. The molecule has 0 aliphatic carbocycles. The van der Waals surface area contributed by atoms with Gasteiger partial charge in [0.05, 0.1) is 5.56 Å². The highest BCUT2D eigenvalue weighted by Crippen LogP contribution is 2.22. The Balaban J connectivity index is 2.13. The van der Waals surface area contributed by atoms with Crippen LogP contribution in [0.4, 0.5) is 10.1 Å². The second kappa shape index (κ2) is 4.24. The Morgan fingerprint density at radius 1 is 1.11 bits per heavy atom. The summed E-state index contributed by atoms with van der Waals surface area (Å²) >= 11 is 0. The molecule has 0 bridgehead atoms. The second-order valence-corrected chi connectivity index (χ2v) is 4.32. The zero-order valence-electron chi connectivity index (χ0n) is 9.98. The summed E-state index contributed by atoms with van der Waals surface area (Å²) in [7, 11) is 0. The van der Waals surface area contributed by atoms with Gasteiger partial charge in [0.2, 0.25) is 0 Å². The fourth-order valence-electron chi connectivity index (χ4n) is 2.12. The van der Waals surface area contributed by atoms with E-state index in [0.29, 0.717) is 11.3 Å². The lowest BCUT2D eigenvalue weighted by Crippen LogP contribution is -2.04. The molecule has 2 aromatic carbocycles. The summed E-state index contributed by atoms with van der Waals surface area (Å²) in [6.07, 6.45) is 1.60. The van der Waals surface area contributed by atoms with Gasteiger partial charge < -0.3 is 10.7 Å². The number of aromatic nitrogens is 1. The smallest absolute Gasteiger partial charge is 0.198 e. The molecule has 3 rings (SSSR count). The molecule has 0 fully saturated rings. The number of ketones is 1. The molecule has 3 N–H and O–H groups in total. The lowest BCUT2D eigenvalue weighted by molar-refractivity contribution is 0.103. The predicted molar refractivity (Wildman–Crippen MR) is 72.5 cm³/mol. The molecule has 0 aliphatic rings. The molecule has 3 aromatic rings. The van der Waals surface area contributed by atoms with Crippen molar-refractivity contribution in [1.29, 1.82) is 0 Å². The summed E-state index contributed by atoms with van der Waals surface area (Å²) in [5.74, 6) is -0.953. The zero-order chi connectivity index (χ0) is 13.4. The van der Waals surface area contributed by atoms with Crippen LogP contribution in [-0.4, -0.2) is 10.8 Å². The quantitative estimate of drug-likeness (QED) is 0.545. The molecule has 0 amide bonds. The van der Waals surface area contributed by atoms with E-state index in [1.54, 1.807) is 6.20 Å². The lowest BCUT2D eigenvalue weighted by Gasteiger charge is -2.02. The van der Waals surface area contributed by atoms with Crippen LogP contribution in [0.1, 0.15) is 15.9 Å². The van der Waals surface area contributed by atoms with Gasteiger partial charge in [-0.15, -0.1) is 0 Å². The van der Waals surface area contributed by atoms with Crippen molar-refractivity contribution >= 4 is 22.4 Å². The molecule has 94 valence electrons. The van der Waals surface area contributed by atoms with Gasteiger partial charge in [-0.05, 0) is 24.3 Å². The first-order valence-corrected chi connectivity index (χ1v) is 5.82. The highest BCUT2D eigenvalue weighted by Gasteiger charge is 2.17. The summed E-state index contributed by atoms with van der Waals surface area (Å²) in [6, 6.07) is 11.5. The Morgan fingerprint density at radius 2 is 1.89 bits per heavy atom. The van der Waals surface area contributed by atoms with Crippen molar-refractivity contribution < 1.29 is 9.18 Å². The summed E-state index contributed by atoms with van der Waals surface area (Å²) in [6.45, 7) is 0. The molecule has 0 saturated carbocycles. The first kappa shape index (κ1) is 11.5. The topological polar surface area (TPSA) is 58.9 Å². The van der Waals surface area contributed by atoms with Crippen LogP contribution in [0.25, 0.3) is 10.9 Å².